The van der Waals surface area contributed by atoms with Gasteiger partial charge >= 0.3 is 27.7 Å². The first-order valence-electron chi connectivity index (χ1n) is 4.97. The van der Waals surface area contributed by atoms with E-state index >= 15 is 0 Å². The number of rotatable bonds is 3. The van der Waals surface area contributed by atoms with E-state index in [9.17, 15) is 4.79 Å². The van der Waals surface area contributed by atoms with Gasteiger partial charge in [0, 0.05) is 0 Å². The van der Waals surface area contributed by atoms with E-state index in [-0.39, 0.29) is 5.78 Å². The Morgan fingerprint density at radius 2 is 1.35 bits per heavy atom. The number of carbonyl (C=O) groups is 1. The number of hydrogen-bond acceptors (Lipinski definition) is 1. The molecule has 0 aliphatic carbocycles. The van der Waals surface area contributed by atoms with Gasteiger partial charge in [-0.2, -0.15) is 0 Å². The zero-order valence-electron chi connectivity index (χ0n) is 8.95. The van der Waals surface area contributed by atoms with Crippen LogP contribution in [0.15, 0.2) is 60.7 Å². The zero-order valence-corrected chi connectivity index (χ0v) is 11.3. The summed E-state index contributed by atoms with van der Waals surface area (Å²) in [7, 11) is 4.49. The molecule has 0 aliphatic heterocycles. The van der Waals surface area contributed by atoms with Crippen molar-refractivity contribution in [3.63, 3.8) is 0 Å². The van der Waals surface area contributed by atoms with Crippen LogP contribution in [0.5, 0.6) is 0 Å². The molecule has 17 heavy (non-hydrogen) atoms. The second-order valence-electron chi connectivity index (χ2n) is 3.29. The van der Waals surface area contributed by atoms with Crippen LogP contribution in [0.4, 0.5) is 0 Å². The molecule has 0 atom stereocenters. The summed E-state index contributed by atoms with van der Waals surface area (Å²) < 4.78 is 0. The molecule has 0 unspecified atom stereocenters. The molecule has 1 nitrogen and oxygen atoms in total. The molecule has 90 valence electrons. The Balaban J connectivity index is 0.000000686. The number of hydrogen-bond donors (Lipinski definition) is 0. The van der Waals surface area contributed by atoms with Crippen LogP contribution in [0, 0.1) is 6.42 Å². The summed E-state index contributed by atoms with van der Waals surface area (Å²) >= 11 is 2.22. The Morgan fingerprint density at radius 1 is 0.882 bits per heavy atom. The van der Waals surface area contributed by atoms with E-state index in [1.807, 2.05) is 60.7 Å². The molecule has 2 rings (SSSR count). The summed E-state index contributed by atoms with van der Waals surface area (Å²) in [5.74, 6) is 0.0433. The standard InChI is InChI=1S/C14H11O.ClH.Pd/c15-14(13-9-5-2-6-10-13)11-12-7-3-1-4-8-12;;/h1-11H;1H;/q-1;;+2/p-1. The normalized spacial score (nSPS) is 8.88. The van der Waals surface area contributed by atoms with Gasteiger partial charge < -0.3 is 4.79 Å². The van der Waals surface area contributed by atoms with E-state index < -0.39 is 0 Å². The SMILES string of the molecule is O=C([CH-]c1ccccc1)c1ccccc1.[Cl][Pd+]. The fourth-order valence-electron chi connectivity index (χ4n) is 1.39. The summed E-state index contributed by atoms with van der Waals surface area (Å²) in [6.45, 7) is 0. The summed E-state index contributed by atoms with van der Waals surface area (Å²) in [5.41, 5.74) is 1.66. The maximum atomic E-state index is 11.8. The number of carbonyl (C=O) groups excluding carboxylic acids is 1. The quantitative estimate of drug-likeness (QED) is 0.473. The maximum absolute atomic E-state index is 11.8. The van der Waals surface area contributed by atoms with Gasteiger partial charge in [-0.05, 0) is 0 Å². The fraction of sp³-hybridized carbons (Fsp3) is 0. The van der Waals surface area contributed by atoms with Gasteiger partial charge in [-0.1, -0.05) is 48.4 Å². The van der Waals surface area contributed by atoms with Gasteiger partial charge in [-0.15, -0.1) is 29.8 Å². The Hall–Kier alpha value is -1.07. The number of Topliss-reactive ketones (excluding diaryl/α,β-unsaturated/α-hetero) is 1. The third kappa shape index (κ3) is 4.75. The first-order chi connectivity index (χ1) is 8.36. The zero-order chi connectivity index (χ0) is 12.5. The van der Waals surface area contributed by atoms with Gasteiger partial charge in [-0.3, -0.25) is 0 Å². The van der Waals surface area contributed by atoms with Crippen LogP contribution in [0.25, 0.3) is 0 Å². The topological polar surface area (TPSA) is 17.1 Å². The predicted molar refractivity (Wildman–Crippen MR) is 66.5 cm³/mol. The number of benzene rings is 2. The van der Waals surface area contributed by atoms with Gasteiger partial charge in [0.25, 0.3) is 0 Å². The summed E-state index contributed by atoms with van der Waals surface area (Å²) in [6.07, 6.45) is 1.65. The van der Waals surface area contributed by atoms with Gasteiger partial charge in [0.15, 0.2) is 0 Å². The molecule has 0 N–H and O–H groups in total. The van der Waals surface area contributed by atoms with Crippen LogP contribution in [0.2, 0.25) is 0 Å². The Kier molecular flexibility index (Phi) is 6.66. The van der Waals surface area contributed by atoms with Gasteiger partial charge in [0.2, 0.25) is 0 Å². The van der Waals surface area contributed by atoms with Crippen molar-refractivity contribution in [2.24, 2.45) is 0 Å². The van der Waals surface area contributed by atoms with E-state index in [2.05, 4.69) is 27.7 Å². The van der Waals surface area contributed by atoms with Crippen LogP contribution < -0.4 is 0 Å². The van der Waals surface area contributed by atoms with Crippen molar-refractivity contribution in [1.29, 1.82) is 0 Å². The van der Waals surface area contributed by atoms with E-state index in [0.29, 0.717) is 0 Å². The molecule has 0 saturated heterocycles. The van der Waals surface area contributed by atoms with Crippen molar-refractivity contribution in [2.75, 3.05) is 0 Å². The molecule has 0 amide bonds. The van der Waals surface area contributed by atoms with Crippen LogP contribution in [0.3, 0.4) is 0 Å². The summed E-state index contributed by atoms with van der Waals surface area (Å²) in [5, 5.41) is 0. The molecule has 0 aliphatic rings. The van der Waals surface area contributed by atoms with E-state index in [0.717, 1.165) is 11.1 Å². The second kappa shape index (κ2) is 8.09. The molecule has 0 saturated carbocycles. The monoisotopic (exact) mass is 336 g/mol. The summed E-state index contributed by atoms with van der Waals surface area (Å²) in [6, 6.07) is 18.9. The predicted octanol–water partition coefficient (Wildman–Crippen LogP) is 3.81. The van der Waals surface area contributed by atoms with Crippen molar-refractivity contribution >= 4 is 15.3 Å². The van der Waals surface area contributed by atoms with E-state index in [1.165, 1.54) is 0 Å². The Morgan fingerprint density at radius 3 is 1.88 bits per heavy atom. The average molecular weight is 337 g/mol. The molecule has 0 aromatic heterocycles. The molecule has 0 spiro atoms. The molecular formula is C14H11ClOPd. The van der Waals surface area contributed by atoms with Crippen LogP contribution in [-0.4, -0.2) is 5.78 Å². The molecule has 2 aromatic rings. The van der Waals surface area contributed by atoms with Crippen LogP contribution >= 0.6 is 9.53 Å². The van der Waals surface area contributed by atoms with Crippen molar-refractivity contribution < 1.29 is 23.0 Å². The Bertz CT molecular complexity index is 442. The molecule has 0 radical (unpaired) electrons. The van der Waals surface area contributed by atoms with Crippen LogP contribution in [-0.2, 0) is 18.2 Å². The third-order valence-corrected chi connectivity index (χ3v) is 2.16. The average Bonchev–Trinajstić information content (AvgIpc) is 2.43. The molecule has 0 bridgehead atoms. The number of halogens is 1. The summed E-state index contributed by atoms with van der Waals surface area (Å²) in [4.78, 5) is 11.8. The van der Waals surface area contributed by atoms with Crippen molar-refractivity contribution in [3.05, 3.63) is 78.2 Å². The van der Waals surface area contributed by atoms with Gasteiger partial charge in [-0.25, -0.2) is 0 Å². The fourth-order valence-corrected chi connectivity index (χ4v) is 1.39. The first kappa shape index (κ1) is 14.0. The van der Waals surface area contributed by atoms with E-state index in [1.54, 1.807) is 6.42 Å². The minimum absolute atomic E-state index is 0.0433. The molecule has 0 fully saturated rings. The van der Waals surface area contributed by atoms with Crippen LogP contribution in [0.1, 0.15) is 15.9 Å². The molecule has 3 heteroatoms. The Labute approximate surface area is 116 Å². The van der Waals surface area contributed by atoms with E-state index in [4.69, 9.17) is 0 Å². The van der Waals surface area contributed by atoms with Crippen molar-refractivity contribution in [1.82, 2.24) is 0 Å². The molecule has 2 aromatic carbocycles. The third-order valence-electron chi connectivity index (χ3n) is 2.16. The number of ketones is 1. The first-order valence-corrected chi connectivity index (χ1v) is 6.97. The second-order valence-corrected chi connectivity index (χ2v) is 3.29. The molecular weight excluding hydrogens is 326 g/mol. The van der Waals surface area contributed by atoms with Crippen molar-refractivity contribution in [3.8, 4) is 0 Å². The van der Waals surface area contributed by atoms with Gasteiger partial charge in [0.1, 0.15) is 5.78 Å². The van der Waals surface area contributed by atoms with Gasteiger partial charge in [0.05, 0.1) is 0 Å². The van der Waals surface area contributed by atoms with Crippen molar-refractivity contribution in [2.45, 2.75) is 0 Å². The molecule has 0 heterocycles. The minimum atomic E-state index is 0.0433.